The maximum absolute atomic E-state index is 12.7. The normalized spacial score (nSPS) is 33.8. The molecule has 1 heterocycles. The van der Waals surface area contributed by atoms with Crippen molar-refractivity contribution in [1.82, 2.24) is 10.2 Å². The summed E-state index contributed by atoms with van der Waals surface area (Å²) in [5.74, 6) is 0.0392. The molecule has 5 atom stereocenters. The standard InChI is InChI=1S/C18H26N2O4/c1-9(2)16(22)19-8-13(21)24-15-10-6-11-12(7-10)17(23)20(14(11)15)18(3,4)5/h10-12,14-15H,1,6-8H2,2-5H3,(H,19,22). The molecule has 1 aliphatic heterocycles. The Bertz CT molecular complexity index is 607. The second kappa shape index (κ2) is 5.60. The van der Waals surface area contributed by atoms with E-state index in [1.54, 1.807) is 6.92 Å². The molecule has 3 aliphatic rings. The number of likely N-dealkylation sites (tertiary alicyclic amines) is 1. The average Bonchev–Trinajstić information content (AvgIpc) is 3.07. The maximum atomic E-state index is 12.7. The van der Waals surface area contributed by atoms with Crippen molar-refractivity contribution >= 4 is 17.8 Å². The number of ether oxygens (including phenoxy) is 1. The summed E-state index contributed by atoms with van der Waals surface area (Å²) in [5, 5.41) is 2.50. The van der Waals surface area contributed by atoms with E-state index in [0.29, 0.717) is 11.5 Å². The fraction of sp³-hybridized carbons (Fsp3) is 0.722. The highest BCUT2D eigenvalue weighted by Gasteiger charge is 2.66. The smallest absolute Gasteiger partial charge is 0.325 e. The largest absolute Gasteiger partial charge is 0.459 e. The highest BCUT2D eigenvalue weighted by molar-refractivity contribution is 5.94. The third kappa shape index (κ3) is 2.62. The van der Waals surface area contributed by atoms with Gasteiger partial charge in [-0.05, 0) is 52.4 Å². The predicted octanol–water partition coefficient (Wildman–Crippen LogP) is 1.26. The van der Waals surface area contributed by atoms with Crippen molar-refractivity contribution in [3.8, 4) is 0 Å². The number of fused-ring (bicyclic) bond motifs is 1. The molecule has 0 aromatic carbocycles. The molecule has 2 saturated carbocycles. The Morgan fingerprint density at radius 1 is 1.33 bits per heavy atom. The van der Waals surface area contributed by atoms with Crippen molar-refractivity contribution in [2.75, 3.05) is 6.54 Å². The minimum absolute atomic E-state index is 0.0259. The number of nitrogens with zero attached hydrogens (tertiary/aromatic N) is 1. The van der Waals surface area contributed by atoms with Crippen molar-refractivity contribution in [2.45, 2.75) is 58.2 Å². The molecule has 1 N–H and O–H groups in total. The third-order valence-electron chi connectivity index (χ3n) is 5.51. The van der Waals surface area contributed by atoms with E-state index in [4.69, 9.17) is 4.74 Å². The predicted molar refractivity (Wildman–Crippen MR) is 87.8 cm³/mol. The molecule has 3 rings (SSSR count). The van der Waals surface area contributed by atoms with Gasteiger partial charge in [-0.2, -0.15) is 0 Å². The lowest BCUT2D eigenvalue weighted by atomic mass is 9.87. The summed E-state index contributed by atoms with van der Waals surface area (Å²) in [5.41, 5.74) is 0.0677. The van der Waals surface area contributed by atoms with Gasteiger partial charge in [0.25, 0.3) is 0 Å². The third-order valence-corrected chi connectivity index (χ3v) is 5.51. The van der Waals surface area contributed by atoms with Gasteiger partial charge in [0.1, 0.15) is 12.6 Å². The molecule has 0 aromatic heterocycles. The molecule has 2 amide bonds. The van der Waals surface area contributed by atoms with Gasteiger partial charge in [0, 0.05) is 17.0 Å². The van der Waals surface area contributed by atoms with E-state index in [1.165, 1.54) is 0 Å². The van der Waals surface area contributed by atoms with Gasteiger partial charge in [-0.15, -0.1) is 0 Å². The zero-order valence-corrected chi connectivity index (χ0v) is 14.8. The topological polar surface area (TPSA) is 75.7 Å². The van der Waals surface area contributed by atoms with Gasteiger partial charge in [-0.3, -0.25) is 14.4 Å². The van der Waals surface area contributed by atoms with E-state index in [0.717, 1.165) is 12.8 Å². The van der Waals surface area contributed by atoms with E-state index in [2.05, 4.69) is 11.9 Å². The van der Waals surface area contributed by atoms with Crippen LogP contribution in [0.1, 0.15) is 40.5 Å². The van der Waals surface area contributed by atoms with Gasteiger partial charge in [-0.1, -0.05) is 6.58 Å². The zero-order chi connectivity index (χ0) is 17.8. The average molecular weight is 334 g/mol. The second-order valence-electron chi connectivity index (χ2n) is 8.29. The van der Waals surface area contributed by atoms with Gasteiger partial charge in [-0.25, -0.2) is 0 Å². The minimum Gasteiger partial charge on any atom is -0.459 e. The SMILES string of the molecule is C=C(C)C(=O)NCC(=O)OC1C2CC3C(=O)N(C(C)(C)C)C1C3C2. The lowest BCUT2D eigenvalue weighted by molar-refractivity contribution is -0.156. The Labute approximate surface area is 142 Å². The summed E-state index contributed by atoms with van der Waals surface area (Å²) in [6.07, 6.45) is 1.50. The Morgan fingerprint density at radius 3 is 2.58 bits per heavy atom. The van der Waals surface area contributed by atoms with Gasteiger partial charge in [0.2, 0.25) is 11.8 Å². The fourth-order valence-electron chi connectivity index (χ4n) is 4.67. The molecule has 0 radical (unpaired) electrons. The van der Waals surface area contributed by atoms with Crippen LogP contribution in [0.4, 0.5) is 0 Å². The number of amides is 2. The Kier molecular flexibility index (Phi) is 3.97. The molecule has 2 aliphatic carbocycles. The summed E-state index contributed by atoms with van der Waals surface area (Å²) in [7, 11) is 0. The first-order valence-electron chi connectivity index (χ1n) is 8.57. The Hall–Kier alpha value is -1.85. The quantitative estimate of drug-likeness (QED) is 0.620. The van der Waals surface area contributed by atoms with Crippen LogP contribution in [0, 0.1) is 17.8 Å². The molecule has 2 bridgehead atoms. The molecule has 0 aromatic rings. The van der Waals surface area contributed by atoms with Crippen LogP contribution in [0.3, 0.4) is 0 Å². The first-order chi connectivity index (χ1) is 11.1. The lowest BCUT2D eigenvalue weighted by Crippen LogP contribution is -2.52. The van der Waals surface area contributed by atoms with Crippen molar-refractivity contribution in [3.63, 3.8) is 0 Å². The molecule has 132 valence electrons. The second-order valence-corrected chi connectivity index (χ2v) is 8.29. The van der Waals surface area contributed by atoms with Gasteiger partial charge in [0.15, 0.2) is 0 Å². The molecular weight excluding hydrogens is 308 g/mol. The molecular formula is C18H26N2O4. The molecule has 6 nitrogen and oxygen atoms in total. The van der Waals surface area contributed by atoms with Crippen molar-refractivity contribution in [1.29, 1.82) is 0 Å². The molecule has 6 heteroatoms. The molecule has 0 spiro atoms. The van der Waals surface area contributed by atoms with Crippen LogP contribution < -0.4 is 5.32 Å². The van der Waals surface area contributed by atoms with Crippen LogP contribution >= 0.6 is 0 Å². The summed E-state index contributed by atoms with van der Waals surface area (Å²) >= 11 is 0. The number of carbonyl (C=O) groups is 3. The monoisotopic (exact) mass is 334 g/mol. The first kappa shape index (κ1) is 17.0. The molecule has 3 fully saturated rings. The highest BCUT2D eigenvalue weighted by atomic mass is 16.5. The van der Waals surface area contributed by atoms with E-state index in [1.807, 2.05) is 25.7 Å². The van der Waals surface area contributed by atoms with Gasteiger partial charge < -0.3 is 15.0 Å². The van der Waals surface area contributed by atoms with Crippen LogP contribution in [0.5, 0.6) is 0 Å². The molecule has 24 heavy (non-hydrogen) atoms. The first-order valence-corrected chi connectivity index (χ1v) is 8.57. The molecule has 5 unspecified atom stereocenters. The van der Waals surface area contributed by atoms with Crippen LogP contribution in [0.2, 0.25) is 0 Å². The fourth-order valence-corrected chi connectivity index (χ4v) is 4.67. The summed E-state index contributed by atoms with van der Waals surface area (Å²) in [6, 6.07) is -0.0259. The number of hydrogen-bond donors (Lipinski definition) is 1. The van der Waals surface area contributed by atoms with E-state index in [-0.39, 0.29) is 47.9 Å². The Morgan fingerprint density at radius 2 is 2.00 bits per heavy atom. The number of rotatable bonds is 4. The number of hydrogen-bond acceptors (Lipinski definition) is 4. The van der Waals surface area contributed by atoms with Crippen LogP contribution in [-0.4, -0.2) is 46.9 Å². The molecule has 1 saturated heterocycles. The van der Waals surface area contributed by atoms with Crippen LogP contribution in [-0.2, 0) is 19.1 Å². The van der Waals surface area contributed by atoms with E-state index < -0.39 is 5.97 Å². The Balaban J connectivity index is 1.69. The highest BCUT2D eigenvalue weighted by Crippen LogP contribution is 2.57. The van der Waals surface area contributed by atoms with Crippen molar-refractivity contribution < 1.29 is 19.1 Å². The van der Waals surface area contributed by atoms with Crippen LogP contribution in [0.25, 0.3) is 0 Å². The van der Waals surface area contributed by atoms with E-state index >= 15 is 0 Å². The maximum Gasteiger partial charge on any atom is 0.325 e. The summed E-state index contributed by atoms with van der Waals surface area (Å²) < 4.78 is 5.70. The lowest BCUT2D eigenvalue weighted by Gasteiger charge is -2.39. The summed E-state index contributed by atoms with van der Waals surface area (Å²) in [4.78, 5) is 38.3. The number of nitrogens with one attached hydrogen (secondary N) is 1. The minimum atomic E-state index is -0.452. The van der Waals surface area contributed by atoms with Crippen molar-refractivity contribution in [3.05, 3.63) is 12.2 Å². The van der Waals surface area contributed by atoms with Gasteiger partial charge in [0.05, 0.1) is 6.04 Å². The number of carbonyl (C=O) groups excluding carboxylic acids is 3. The van der Waals surface area contributed by atoms with Crippen LogP contribution in [0.15, 0.2) is 12.2 Å². The van der Waals surface area contributed by atoms with Crippen molar-refractivity contribution in [2.24, 2.45) is 17.8 Å². The number of esters is 1. The van der Waals surface area contributed by atoms with E-state index in [9.17, 15) is 14.4 Å². The van der Waals surface area contributed by atoms with Gasteiger partial charge >= 0.3 is 5.97 Å². The summed E-state index contributed by atoms with van der Waals surface area (Å²) in [6.45, 7) is 11.0. The zero-order valence-electron chi connectivity index (χ0n) is 14.8.